The molecule has 110 valence electrons. The van der Waals surface area contributed by atoms with Gasteiger partial charge >= 0.3 is 0 Å². The zero-order valence-corrected chi connectivity index (χ0v) is 12.3. The lowest BCUT2D eigenvalue weighted by atomic mass is 10.3. The van der Waals surface area contributed by atoms with E-state index in [4.69, 9.17) is 14.5 Å². The Hall–Kier alpha value is -1.40. The second-order valence-electron chi connectivity index (χ2n) is 5.45. The zero-order valence-electron chi connectivity index (χ0n) is 12.3. The molecule has 0 aromatic carbocycles. The molecule has 6 heteroatoms. The summed E-state index contributed by atoms with van der Waals surface area (Å²) in [5, 5.41) is 3.12. The molecule has 3 rings (SSSR count). The molecule has 2 aliphatic rings. The molecule has 2 unspecified atom stereocenters. The fourth-order valence-electron chi connectivity index (χ4n) is 2.65. The summed E-state index contributed by atoms with van der Waals surface area (Å²) in [5.74, 6) is 3.35. The molecular formula is C14H22N4O2. The van der Waals surface area contributed by atoms with Crippen molar-refractivity contribution in [1.29, 1.82) is 0 Å². The smallest absolute Gasteiger partial charge is 0.136 e. The fourth-order valence-corrected chi connectivity index (χ4v) is 2.65. The molecule has 1 aliphatic heterocycles. The van der Waals surface area contributed by atoms with Crippen LogP contribution in [0, 0.1) is 0 Å². The molecule has 2 heterocycles. The van der Waals surface area contributed by atoms with E-state index in [9.17, 15) is 0 Å². The molecule has 1 aromatic rings. The van der Waals surface area contributed by atoms with Crippen LogP contribution in [-0.2, 0) is 9.47 Å². The molecule has 2 fully saturated rings. The molecule has 0 amide bonds. The predicted octanol–water partition coefficient (Wildman–Crippen LogP) is 1.25. The van der Waals surface area contributed by atoms with Crippen LogP contribution in [0.3, 0.4) is 0 Å². The molecule has 1 saturated carbocycles. The third-order valence-electron chi connectivity index (χ3n) is 4.07. The van der Waals surface area contributed by atoms with Crippen molar-refractivity contribution in [3.63, 3.8) is 0 Å². The first-order valence-electron chi connectivity index (χ1n) is 7.12. The van der Waals surface area contributed by atoms with Crippen molar-refractivity contribution < 1.29 is 9.47 Å². The van der Waals surface area contributed by atoms with Crippen LogP contribution in [0.15, 0.2) is 6.07 Å². The van der Waals surface area contributed by atoms with Crippen LogP contribution in [0.5, 0.6) is 0 Å². The Labute approximate surface area is 119 Å². The SMILES string of the molecule is CNc1cc(N2CC(OC)C(OC)C2)nc(C2CC2)n1. The maximum absolute atomic E-state index is 5.49. The second-order valence-corrected chi connectivity index (χ2v) is 5.45. The highest BCUT2D eigenvalue weighted by atomic mass is 16.5. The lowest BCUT2D eigenvalue weighted by molar-refractivity contribution is -0.00461. The molecular weight excluding hydrogens is 256 g/mol. The van der Waals surface area contributed by atoms with E-state index in [0.29, 0.717) is 5.92 Å². The van der Waals surface area contributed by atoms with Crippen molar-refractivity contribution in [3.05, 3.63) is 11.9 Å². The van der Waals surface area contributed by atoms with Crippen molar-refractivity contribution >= 4 is 11.6 Å². The van der Waals surface area contributed by atoms with Gasteiger partial charge in [0.2, 0.25) is 0 Å². The summed E-state index contributed by atoms with van der Waals surface area (Å²) in [4.78, 5) is 11.5. The van der Waals surface area contributed by atoms with Gasteiger partial charge in [0, 0.05) is 46.3 Å². The standard InChI is InChI=1S/C14H22N4O2/c1-15-12-6-13(17-14(16-12)9-4-5-9)18-7-10(19-2)11(8-18)20-3/h6,9-11H,4-5,7-8H2,1-3H3,(H,15,16,17). The van der Waals surface area contributed by atoms with Crippen LogP contribution < -0.4 is 10.2 Å². The summed E-state index contributed by atoms with van der Waals surface area (Å²) in [6.07, 6.45) is 2.59. The number of nitrogens with one attached hydrogen (secondary N) is 1. The van der Waals surface area contributed by atoms with Gasteiger partial charge in [0.15, 0.2) is 0 Å². The summed E-state index contributed by atoms with van der Waals surface area (Å²) < 4.78 is 11.0. The van der Waals surface area contributed by atoms with Crippen LogP contribution in [0.2, 0.25) is 0 Å². The molecule has 0 spiro atoms. The first-order valence-corrected chi connectivity index (χ1v) is 7.12. The normalized spacial score (nSPS) is 26.1. The van der Waals surface area contributed by atoms with E-state index in [0.717, 1.165) is 30.5 Å². The Morgan fingerprint density at radius 1 is 1.15 bits per heavy atom. The minimum atomic E-state index is 0.0948. The van der Waals surface area contributed by atoms with Crippen molar-refractivity contribution in [2.45, 2.75) is 31.0 Å². The quantitative estimate of drug-likeness (QED) is 0.874. The van der Waals surface area contributed by atoms with Gasteiger partial charge in [-0.3, -0.25) is 0 Å². The van der Waals surface area contributed by atoms with E-state index in [-0.39, 0.29) is 12.2 Å². The summed E-state index contributed by atoms with van der Waals surface area (Å²) in [6, 6.07) is 2.00. The molecule has 1 N–H and O–H groups in total. The maximum atomic E-state index is 5.49. The van der Waals surface area contributed by atoms with Gasteiger partial charge in [0.25, 0.3) is 0 Å². The van der Waals surface area contributed by atoms with Crippen LogP contribution in [0.1, 0.15) is 24.6 Å². The van der Waals surface area contributed by atoms with Gasteiger partial charge in [-0.1, -0.05) is 0 Å². The van der Waals surface area contributed by atoms with E-state index in [1.54, 1.807) is 14.2 Å². The molecule has 1 saturated heterocycles. The van der Waals surface area contributed by atoms with Crippen LogP contribution >= 0.6 is 0 Å². The largest absolute Gasteiger partial charge is 0.377 e. The van der Waals surface area contributed by atoms with Crippen molar-refractivity contribution in [2.24, 2.45) is 0 Å². The predicted molar refractivity (Wildman–Crippen MR) is 77.4 cm³/mol. The number of anilines is 2. The summed E-state index contributed by atoms with van der Waals surface area (Å²) in [7, 11) is 5.35. The van der Waals surface area contributed by atoms with Crippen LogP contribution in [-0.4, -0.2) is 56.5 Å². The number of rotatable bonds is 5. The monoisotopic (exact) mass is 278 g/mol. The number of aromatic nitrogens is 2. The number of hydrogen-bond acceptors (Lipinski definition) is 6. The Kier molecular flexibility index (Phi) is 3.76. The Morgan fingerprint density at radius 3 is 2.30 bits per heavy atom. The average molecular weight is 278 g/mol. The van der Waals surface area contributed by atoms with E-state index in [2.05, 4.69) is 15.2 Å². The van der Waals surface area contributed by atoms with Gasteiger partial charge in [0.05, 0.1) is 0 Å². The lowest BCUT2D eigenvalue weighted by Gasteiger charge is -2.18. The molecule has 0 bridgehead atoms. The third-order valence-corrected chi connectivity index (χ3v) is 4.07. The zero-order chi connectivity index (χ0) is 14.1. The Bertz CT molecular complexity index is 466. The van der Waals surface area contributed by atoms with E-state index in [1.165, 1.54) is 12.8 Å². The molecule has 2 atom stereocenters. The molecule has 20 heavy (non-hydrogen) atoms. The number of hydrogen-bond donors (Lipinski definition) is 1. The van der Waals surface area contributed by atoms with E-state index >= 15 is 0 Å². The van der Waals surface area contributed by atoms with Gasteiger partial charge in [-0.05, 0) is 12.8 Å². The summed E-state index contributed by atoms with van der Waals surface area (Å²) in [6.45, 7) is 1.61. The molecule has 0 radical (unpaired) electrons. The highest BCUT2D eigenvalue weighted by molar-refractivity contribution is 5.51. The van der Waals surface area contributed by atoms with Crippen molar-refractivity contribution in [1.82, 2.24) is 9.97 Å². The third kappa shape index (κ3) is 2.58. The summed E-state index contributed by atoms with van der Waals surface area (Å²) in [5.41, 5.74) is 0. The minimum Gasteiger partial charge on any atom is -0.377 e. The first-order chi connectivity index (χ1) is 9.75. The Balaban J connectivity index is 1.84. The van der Waals surface area contributed by atoms with Crippen LogP contribution in [0.25, 0.3) is 0 Å². The van der Waals surface area contributed by atoms with Gasteiger partial charge in [-0.2, -0.15) is 0 Å². The molecule has 1 aromatic heterocycles. The number of nitrogens with zero attached hydrogens (tertiary/aromatic N) is 3. The van der Waals surface area contributed by atoms with Gasteiger partial charge in [0.1, 0.15) is 29.7 Å². The van der Waals surface area contributed by atoms with E-state index < -0.39 is 0 Å². The maximum Gasteiger partial charge on any atom is 0.136 e. The van der Waals surface area contributed by atoms with E-state index in [1.807, 2.05) is 13.1 Å². The van der Waals surface area contributed by atoms with Gasteiger partial charge in [-0.15, -0.1) is 0 Å². The minimum absolute atomic E-state index is 0.0948. The Morgan fingerprint density at radius 2 is 1.80 bits per heavy atom. The number of ether oxygens (including phenoxy) is 2. The fraction of sp³-hybridized carbons (Fsp3) is 0.714. The lowest BCUT2D eigenvalue weighted by Crippen LogP contribution is -2.27. The van der Waals surface area contributed by atoms with Gasteiger partial charge in [-0.25, -0.2) is 9.97 Å². The highest BCUT2D eigenvalue weighted by Crippen LogP contribution is 2.39. The topological polar surface area (TPSA) is 59.5 Å². The van der Waals surface area contributed by atoms with Crippen molar-refractivity contribution in [2.75, 3.05) is 44.6 Å². The highest BCUT2D eigenvalue weighted by Gasteiger charge is 2.35. The second kappa shape index (κ2) is 5.54. The van der Waals surface area contributed by atoms with Gasteiger partial charge < -0.3 is 19.7 Å². The average Bonchev–Trinajstić information content (AvgIpc) is 3.25. The molecule has 6 nitrogen and oxygen atoms in total. The van der Waals surface area contributed by atoms with Crippen LogP contribution in [0.4, 0.5) is 11.6 Å². The first kappa shape index (κ1) is 13.6. The molecule has 1 aliphatic carbocycles. The van der Waals surface area contributed by atoms with Crippen molar-refractivity contribution in [3.8, 4) is 0 Å². The summed E-state index contributed by atoms with van der Waals surface area (Å²) >= 11 is 0. The number of methoxy groups -OCH3 is 2.